The number of rotatable bonds is 24. The van der Waals surface area contributed by atoms with Crippen LogP contribution in [0.2, 0.25) is 0 Å². The van der Waals surface area contributed by atoms with Gasteiger partial charge in [0.05, 0.1) is 0 Å². The molecular formula is C37H59N3O2. The summed E-state index contributed by atoms with van der Waals surface area (Å²) in [4.78, 5) is 27.5. The average Bonchev–Trinajstić information content (AvgIpc) is 2.99. The number of unbranched alkanes of at least 4 members (excludes halogenated alkanes) is 14. The van der Waals surface area contributed by atoms with Crippen LogP contribution < -0.4 is 15.5 Å². The van der Waals surface area contributed by atoms with Crippen LogP contribution in [0.1, 0.15) is 143 Å². The Balaban J connectivity index is 1.85. The number of carbonyl (C=O) groups excluding carboxylic acids is 2. The number of hydrogen-bond donors (Lipinski definition) is 2. The van der Waals surface area contributed by atoms with Crippen molar-refractivity contribution in [1.82, 2.24) is 0 Å². The minimum atomic E-state index is 0.0846. The molecule has 0 aromatic heterocycles. The number of benzene rings is 2. The highest BCUT2D eigenvalue weighted by Gasteiger charge is 2.12. The number of nitrogens with one attached hydrogen (secondary N) is 2. The number of amides is 2. The average molecular weight is 578 g/mol. The molecular weight excluding hydrogens is 518 g/mol. The van der Waals surface area contributed by atoms with Crippen LogP contribution in [-0.4, -0.2) is 18.4 Å². The van der Waals surface area contributed by atoms with E-state index in [-0.39, 0.29) is 11.8 Å². The van der Waals surface area contributed by atoms with Gasteiger partial charge < -0.3 is 15.5 Å². The SMILES string of the molecule is CCCCCCCCCCC(=O)Nc1cccc(N(CCC)c2cccc(NC(=O)CCCCCCCCCC)c2)c1. The summed E-state index contributed by atoms with van der Waals surface area (Å²) in [5.41, 5.74) is 3.72. The largest absolute Gasteiger partial charge is 0.341 e. The maximum atomic E-state index is 12.6. The van der Waals surface area contributed by atoms with Gasteiger partial charge in [-0.3, -0.25) is 9.59 Å². The van der Waals surface area contributed by atoms with E-state index < -0.39 is 0 Å². The van der Waals surface area contributed by atoms with E-state index in [2.05, 4.69) is 60.6 Å². The fourth-order valence-corrected chi connectivity index (χ4v) is 5.42. The molecule has 0 spiro atoms. The van der Waals surface area contributed by atoms with Crippen molar-refractivity contribution in [3.8, 4) is 0 Å². The van der Waals surface area contributed by atoms with Crippen molar-refractivity contribution in [2.45, 2.75) is 143 Å². The van der Waals surface area contributed by atoms with Gasteiger partial charge >= 0.3 is 0 Å². The quantitative estimate of drug-likeness (QED) is 0.122. The van der Waals surface area contributed by atoms with Crippen LogP contribution in [0.4, 0.5) is 22.7 Å². The third-order valence-corrected chi connectivity index (χ3v) is 7.85. The summed E-state index contributed by atoms with van der Waals surface area (Å²) >= 11 is 0. The maximum absolute atomic E-state index is 12.6. The Labute approximate surface area is 257 Å². The lowest BCUT2D eigenvalue weighted by atomic mass is 10.1. The van der Waals surface area contributed by atoms with E-state index in [1.165, 1.54) is 77.0 Å². The monoisotopic (exact) mass is 577 g/mol. The summed E-state index contributed by atoms with van der Waals surface area (Å²) in [5.74, 6) is 0.169. The maximum Gasteiger partial charge on any atom is 0.224 e. The van der Waals surface area contributed by atoms with Crippen molar-refractivity contribution >= 4 is 34.6 Å². The molecule has 2 rings (SSSR count). The smallest absolute Gasteiger partial charge is 0.224 e. The zero-order chi connectivity index (χ0) is 30.3. The first kappa shape index (κ1) is 35.4. The standard InChI is InChI=1S/C37H59N3O2/c1-4-7-9-11-13-15-17-19-27-36(41)38-32-23-21-25-34(30-32)40(29-6-3)35-26-22-24-33(31-35)39-37(42)28-20-18-16-14-12-10-8-5-2/h21-26,30-31H,4-20,27-29H2,1-3H3,(H,38,41)(H,39,42). The zero-order valence-corrected chi connectivity index (χ0v) is 27.0. The van der Waals surface area contributed by atoms with E-state index >= 15 is 0 Å². The lowest BCUT2D eigenvalue weighted by Crippen LogP contribution is -2.19. The summed E-state index contributed by atoms with van der Waals surface area (Å²) < 4.78 is 0. The summed E-state index contributed by atoms with van der Waals surface area (Å²) in [6, 6.07) is 16.2. The van der Waals surface area contributed by atoms with E-state index in [9.17, 15) is 9.59 Å². The molecule has 2 aromatic rings. The van der Waals surface area contributed by atoms with Crippen LogP contribution in [-0.2, 0) is 9.59 Å². The van der Waals surface area contributed by atoms with Crippen molar-refractivity contribution in [3.05, 3.63) is 48.5 Å². The van der Waals surface area contributed by atoms with Gasteiger partial charge in [0.2, 0.25) is 11.8 Å². The topological polar surface area (TPSA) is 61.4 Å². The molecule has 5 heteroatoms. The van der Waals surface area contributed by atoms with E-state index in [4.69, 9.17) is 0 Å². The van der Waals surface area contributed by atoms with Crippen molar-refractivity contribution in [1.29, 1.82) is 0 Å². The van der Waals surface area contributed by atoms with Crippen molar-refractivity contribution in [2.24, 2.45) is 0 Å². The summed E-state index contributed by atoms with van der Waals surface area (Å²) in [5, 5.41) is 6.21. The molecule has 2 aromatic carbocycles. The Kier molecular flexibility index (Phi) is 19.2. The molecule has 0 aliphatic heterocycles. The van der Waals surface area contributed by atoms with Crippen molar-refractivity contribution in [3.63, 3.8) is 0 Å². The van der Waals surface area contributed by atoms with E-state index in [0.717, 1.165) is 61.4 Å². The second-order valence-corrected chi connectivity index (χ2v) is 11.8. The minimum absolute atomic E-state index is 0.0846. The van der Waals surface area contributed by atoms with Gasteiger partial charge in [-0.1, -0.05) is 123 Å². The van der Waals surface area contributed by atoms with Gasteiger partial charge in [-0.25, -0.2) is 0 Å². The van der Waals surface area contributed by atoms with Crippen LogP contribution in [0, 0.1) is 0 Å². The molecule has 0 aliphatic rings. The van der Waals surface area contributed by atoms with Crippen LogP contribution >= 0.6 is 0 Å². The van der Waals surface area contributed by atoms with Gasteiger partial charge in [-0.2, -0.15) is 0 Å². The van der Waals surface area contributed by atoms with Gasteiger partial charge in [0, 0.05) is 42.1 Å². The minimum Gasteiger partial charge on any atom is -0.341 e. The Morgan fingerprint density at radius 1 is 0.524 bits per heavy atom. The molecule has 42 heavy (non-hydrogen) atoms. The third-order valence-electron chi connectivity index (χ3n) is 7.85. The fraction of sp³-hybridized carbons (Fsp3) is 0.622. The highest BCUT2D eigenvalue weighted by Crippen LogP contribution is 2.30. The molecule has 0 bridgehead atoms. The van der Waals surface area contributed by atoms with Crippen LogP contribution in [0.25, 0.3) is 0 Å². The summed E-state index contributed by atoms with van der Waals surface area (Å²) in [6.45, 7) is 7.49. The van der Waals surface area contributed by atoms with Gasteiger partial charge in [-0.15, -0.1) is 0 Å². The predicted octanol–water partition coefficient (Wildman–Crippen LogP) is 11.2. The molecule has 0 heterocycles. The molecule has 0 saturated carbocycles. The molecule has 0 radical (unpaired) electrons. The van der Waals surface area contributed by atoms with Crippen LogP contribution in [0.5, 0.6) is 0 Å². The van der Waals surface area contributed by atoms with Crippen LogP contribution in [0.15, 0.2) is 48.5 Å². The molecule has 2 N–H and O–H groups in total. The lowest BCUT2D eigenvalue weighted by molar-refractivity contribution is -0.117. The van der Waals surface area contributed by atoms with Crippen LogP contribution in [0.3, 0.4) is 0 Å². The highest BCUT2D eigenvalue weighted by atomic mass is 16.2. The second-order valence-electron chi connectivity index (χ2n) is 11.8. The zero-order valence-electron chi connectivity index (χ0n) is 27.0. The first-order valence-electron chi connectivity index (χ1n) is 17.1. The van der Waals surface area contributed by atoms with Crippen molar-refractivity contribution < 1.29 is 9.59 Å². The Morgan fingerprint density at radius 3 is 1.29 bits per heavy atom. The third kappa shape index (κ3) is 15.4. The fourth-order valence-electron chi connectivity index (χ4n) is 5.42. The van der Waals surface area contributed by atoms with Crippen molar-refractivity contribution in [2.75, 3.05) is 22.1 Å². The Bertz CT molecular complexity index is 929. The number of carbonyl (C=O) groups is 2. The summed E-state index contributed by atoms with van der Waals surface area (Å²) in [6.07, 6.45) is 21.8. The van der Waals surface area contributed by atoms with E-state index in [1.54, 1.807) is 0 Å². The predicted molar refractivity (Wildman–Crippen MR) is 182 cm³/mol. The number of anilines is 4. The van der Waals surface area contributed by atoms with Gasteiger partial charge in [0.15, 0.2) is 0 Å². The number of hydrogen-bond acceptors (Lipinski definition) is 3. The van der Waals surface area contributed by atoms with E-state index in [1.807, 2.05) is 24.3 Å². The Hall–Kier alpha value is -2.82. The normalized spacial score (nSPS) is 10.9. The second kappa shape index (κ2) is 22.7. The Morgan fingerprint density at radius 2 is 0.905 bits per heavy atom. The first-order valence-corrected chi connectivity index (χ1v) is 17.1. The summed E-state index contributed by atoms with van der Waals surface area (Å²) in [7, 11) is 0. The molecule has 0 fully saturated rings. The molecule has 0 atom stereocenters. The van der Waals surface area contributed by atoms with Gasteiger partial charge in [-0.05, 0) is 55.7 Å². The van der Waals surface area contributed by atoms with Gasteiger partial charge in [0.25, 0.3) is 0 Å². The first-order chi connectivity index (χ1) is 20.6. The molecule has 0 saturated heterocycles. The molecule has 234 valence electrons. The van der Waals surface area contributed by atoms with E-state index in [0.29, 0.717) is 12.8 Å². The molecule has 0 unspecified atom stereocenters. The molecule has 5 nitrogen and oxygen atoms in total. The molecule has 2 amide bonds. The highest BCUT2D eigenvalue weighted by molar-refractivity contribution is 5.92. The van der Waals surface area contributed by atoms with Gasteiger partial charge in [0.1, 0.15) is 0 Å². The molecule has 0 aliphatic carbocycles. The number of nitrogens with zero attached hydrogens (tertiary/aromatic N) is 1. The lowest BCUT2D eigenvalue weighted by Gasteiger charge is -2.25.